The second-order valence-electron chi connectivity index (χ2n) is 10.1. The summed E-state index contributed by atoms with van der Waals surface area (Å²) in [5.74, 6) is 0. The number of hydrogen-bond donors (Lipinski definition) is 1. The molecule has 1 N–H and O–H groups in total. The lowest BCUT2D eigenvalue weighted by molar-refractivity contribution is -0.107. The molecule has 6 heteroatoms. The summed E-state index contributed by atoms with van der Waals surface area (Å²) in [4.78, 5) is 11.8. The summed E-state index contributed by atoms with van der Waals surface area (Å²) in [6, 6.07) is 51.3. The molecule has 5 aromatic carbocycles. The number of anilines is 1. The van der Waals surface area contributed by atoms with E-state index in [1.807, 2.05) is 96.1 Å². The molecule has 57 heavy (non-hydrogen) atoms. The largest absolute Gasteiger partial charge is 0.318 e. The summed E-state index contributed by atoms with van der Waals surface area (Å²) in [5, 5.41) is 0. The van der Waals surface area contributed by atoms with Crippen LogP contribution in [0.4, 0.5) is 5.69 Å². The van der Waals surface area contributed by atoms with Crippen molar-refractivity contribution in [2.75, 3.05) is 18.2 Å². The van der Waals surface area contributed by atoms with Crippen LogP contribution in [0.15, 0.2) is 152 Å². The Bertz CT molecular complexity index is 1330. The van der Waals surface area contributed by atoms with Gasteiger partial charge < -0.3 is 4.90 Å². The SMILES string of the molecule is C.C.C.C.CC.CC.CC.CCc1ccccc1.CCc1ccccc1.CCc1ccccc1.CCc1ccccc1.CN(C=O)c1ccccc1.CS(=O)(=O)O. The Balaban J connectivity index is -0.0000000814. The van der Waals surface area contributed by atoms with Crippen molar-refractivity contribution in [3.05, 3.63) is 174 Å². The smallest absolute Gasteiger partial charge is 0.261 e. The molecular weight excluding hydrogens is 723 g/mol. The molecule has 0 bridgehead atoms. The van der Waals surface area contributed by atoms with Gasteiger partial charge in [-0.1, -0.05) is 238 Å². The predicted octanol–water partition coefficient (Wildman–Crippen LogP) is 15.4. The summed E-state index contributed by atoms with van der Waals surface area (Å²) >= 11 is 0. The van der Waals surface area contributed by atoms with Crippen LogP contribution in [0, 0.1) is 0 Å². The van der Waals surface area contributed by atoms with Crippen LogP contribution >= 0.6 is 0 Å². The Morgan fingerprint density at radius 3 is 0.719 bits per heavy atom. The number of carbonyl (C=O) groups is 1. The van der Waals surface area contributed by atoms with Gasteiger partial charge >= 0.3 is 0 Å². The first-order valence-corrected chi connectivity index (χ1v) is 20.7. The highest BCUT2D eigenvalue weighted by Gasteiger charge is 1.93. The fourth-order valence-electron chi connectivity index (χ4n) is 3.58. The van der Waals surface area contributed by atoms with Crippen LogP contribution in [0.3, 0.4) is 0 Å². The molecule has 0 aliphatic heterocycles. The van der Waals surface area contributed by atoms with Crippen LogP contribution < -0.4 is 4.90 Å². The van der Waals surface area contributed by atoms with Crippen LogP contribution in [0.25, 0.3) is 0 Å². The lowest BCUT2D eigenvalue weighted by Crippen LogP contribution is -2.12. The maximum atomic E-state index is 10.2. The van der Waals surface area contributed by atoms with E-state index in [4.69, 9.17) is 4.55 Å². The standard InChI is InChI=1S/C8H9NO.4C8H10.3C2H6.CH4O3S.4CH4/c1-9(7-10)8-5-3-2-4-6-8;4*1-2-8-6-4-3-5-7-8;3*1-2;1-5(2,3)4;;;;/h2-7H,1H3;4*3-7H,2H2,1H3;3*1-2H3;1H3,(H,2,3,4);4*1H4. The van der Waals surface area contributed by atoms with Crippen LogP contribution in [-0.2, 0) is 40.6 Å². The van der Waals surface area contributed by atoms with Crippen molar-refractivity contribution < 1.29 is 17.8 Å². The Morgan fingerprint density at radius 2 is 0.596 bits per heavy atom. The Labute approximate surface area is 355 Å². The van der Waals surface area contributed by atoms with Crippen LogP contribution in [0.5, 0.6) is 0 Å². The van der Waals surface area contributed by atoms with E-state index < -0.39 is 10.1 Å². The quantitative estimate of drug-likeness (QED) is 0.137. The van der Waals surface area contributed by atoms with Gasteiger partial charge in [0.05, 0.1) is 6.26 Å². The molecule has 326 valence electrons. The van der Waals surface area contributed by atoms with E-state index in [0.29, 0.717) is 6.26 Å². The van der Waals surface area contributed by atoms with E-state index in [0.717, 1.165) is 37.8 Å². The van der Waals surface area contributed by atoms with Gasteiger partial charge in [-0.25, -0.2) is 0 Å². The van der Waals surface area contributed by atoms with Crippen LogP contribution in [0.1, 0.15) is 121 Å². The highest BCUT2D eigenvalue weighted by atomic mass is 32.2. The molecule has 0 aliphatic rings. The maximum absolute atomic E-state index is 10.2. The lowest BCUT2D eigenvalue weighted by Gasteiger charge is -2.08. The molecule has 0 spiro atoms. The Hall–Kier alpha value is -4.52. The zero-order valence-electron chi connectivity index (χ0n) is 34.9. The molecule has 0 atom stereocenters. The number of benzene rings is 5. The molecule has 0 saturated carbocycles. The zero-order chi connectivity index (χ0) is 41.2. The van der Waals surface area contributed by atoms with E-state index in [-0.39, 0.29) is 29.7 Å². The summed E-state index contributed by atoms with van der Waals surface area (Å²) in [6.45, 7) is 20.6. The van der Waals surface area contributed by atoms with Crippen LogP contribution in [0.2, 0.25) is 0 Å². The number of rotatable bonds is 6. The molecule has 0 aliphatic carbocycles. The number of para-hydroxylation sites is 1. The number of nitrogens with zero attached hydrogens (tertiary/aromatic N) is 1. The predicted molar refractivity (Wildman–Crippen MR) is 263 cm³/mol. The van der Waals surface area contributed by atoms with Crippen LogP contribution in [-0.4, -0.2) is 32.7 Å². The highest BCUT2D eigenvalue weighted by Crippen LogP contribution is 2.08. The Kier molecular flexibility index (Phi) is 66.1. The van der Waals surface area contributed by atoms with E-state index >= 15 is 0 Å². The van der Waals surface area contributed by atoms with Crippen molar-refractivity contribution in [2.24, 2.45) is 0 Å². The molecule has 0 aromatic heterocycles. The summed E-state index contributed by atoms with van der Waals surface area (Å²) < 4.78 is 25.9. The first kappa shape index (κ1) is 70.3. The second kappa shape index (κ2) is 53.6. The average Bonchev–Trinajstić information content (AvgIpc) is 3.24. The van der Waals surface area contributed by atoms with Crippen molar-refractivity contribution in [2.45, 2.75) is 125 Å². The molecule has 0 unspecified atom stereocenters. The Morgan fingerprint density at radius 1 is 0.439 bits per heavy atom. The first-order valence-electron chi connectivity index (χ1n) is 18.9. The van der Waals surface area contributed by atoms with Gasteiger partial charge in [0, 0.05) is 12.7 Å². The fraction of sp³-hybridized carbons (Fsp3) is 0.392. The normalized spacial score (nSPS) is 8.02. The van der Waals surface area contributed by atoms with E-state index in [1.165, 1.54) is 27.2 Å². The average molecular weight is 810 g/mol. The van der Waals surface area contributed by atoms with Gasteiger partial charge in [-0.05, 0) is 60.1 Å². The molecule has 1 amide bonds. The minimum Gasteiger partial charge on any atom is -0.318 e. The minimum atomic E-state index is -3.67. The van der Waals surface area contributed by atoms with E-state index in [2.05, 4.69) is 125 Å². The molecule has 0 heterocycles. The minimum absolute atomic E-state index is 0. The van der Waals surface area contributed by atoms with Gasteiger partial charge in [0.15, 0.2) is 0 Å². The monoisotopic (exact) mass is 810 g/mol. The van der Waals surface area contributed by atoms with Gasteiger partial charge in [-0.3, -0.25) is 9.35 Å². The molecule has 5 rings (SSSR count). The number of amides is 1. The van der Waals surface area contributed by atoms with Crippen molar-refractivity contribution in [1.29, 1.82) is 0 Å². The number of hydrogen-bond acceptors (Lipinski definition) is 3. The molecule has 0 radical (unpaired) electrons. The van der Waals surface area contributed by atoms with Gasteiger partial charge in [-0.2, -0.15) is 8.42 Å². The topological polar surface area (TPSA) is 74.7 Å². The van der Waals surface area contributed by atoms with Crippen molar-refractivity contribution in [3.8, 4) is 0 Å². The molecule has 0 fully saturated rings. The number of carbonyl (C=O) groups excluding carboxylic acids is 1. The molecule has 0 saturated heterocycles. The van der Waals surface area contributed by atoms with Gasteiger partial charge in [0.1, 0.15) is 0 Å². The van der Waals surface area contributed by atoms with Crippen molar-refractivity contribution in [3.63, 3.8) is 0 Å². The summed E-state index contributed by atoms with van der Waals surface area (Å²) in [7, 11) is -1.94. The van der Waals surface area contributed by atoms with Gasteiger partial charge in [-0.15, -0.1) is 0 Å². The molecule has 5 nitrogen and oxygen atoms in total. The summed E-state index contributed by atoms with van der Waals surface area (Å²) in [5.41, 5.74) is 6.55. The van der Waals surface area contributed by atoms with Gasteiger partial charge in [0.25, 0.3) is 10.1 Å². The van der Waals surface area contributed by atoms with Crippen molar-refractivity contribution in [1.82, 2.24) is 0 Å². The first-order chi connectivity index (χ1) is 25.6. The van der Waals surface area contributed by atoms with E-state index in [9.17, 15) is 13.2 Å². The highest BCUT2D eigenvalue weighted by molar-refractivity contribution is 7.85. The fourth-order valence-corrected chi connectivity index (χ4v) is 3.58. The zero-order valence-corrected chi connectivity index (χ0v) is 35.7. The lowest BCUT2D eigenvalue weighted by atomic mass is 10.2. The third-order valence-electron chi connectivity index (χ3n) is 6.33. The molecule has 5 aromatic rings. The maximum Gasteiger partial charge on any atom is 0.261 e. The van der Waals surface area contributed by atoms with E-state index in [1.54, 1.807) is 7.05 Å². The van der Waals surface area contributed by atoms with Gasteiger partial charge in [0.2, 0.25) is 6.41 Å². The third-order valence-corrected chi connectivity index (χ3v) is 6.33. The number of aryl methyl sites for hydroxylation is 4. The second-order valence-corrected chi connectivity index (χ2v) is 11.6. The van der Waals surface area contributed by atoms with Crippen molar-refractivity contribution >= 4 is 22.2 Å². The summed E-state index contributed by atoms with van der Waals surface area (Å²) in [6.07, 6.45) is 6.06. The molecular formula is C51H87NO4S. The third kappa shape index (κ3) is 51.5.